The maximum atomic E-state index is 12.3. The minimum atomic E-state index is -1.25. The third-order valence-electron chi connectivity index (χ3n) is 3.93. The summed E-state index contributed by atoms with van der Waals surface area (Å²) in [7, 11) is 0. The van der Waals surface area contributed by atoms with Gasteiger partial charge in [0.05, 0.1) is 0 Å². The molecule has 0 aliphatic heterocycles. The van der Waals surface area contributed by atoms with Crippen LogP contribution in [0.25, 0.3) is 0 Å². The van der Waals surface area contributed by atoms with Gasteiger partial charge in [0.25, 0.3) is 0 Å². The molecule has 30 heavy (non-hydrogen) atoms. The van der Waals surface area contributed by atoms with Crippen molar-refractivity contribution in [3.8, 4) is 0 Å². The summed E-state index contributed by atoms with van der Waals surface area (Å²) < 4.78 is 0. The summed E-state index contributed by atoms with van der Waals surface area (Å²) in [5.41, 5.74) is 11.7. The predicted octanol–water partition coefficient (Wildman–Crippen LogP) is -0.936. The van der Waals surface area contributed by atoms with Crippen molar-refractivity contribution in [2.45, 2.75) is 36.7 Å². The molecule has 11 nitrogen and oxygen atoms in total. The molecule has 0 heterocycles. The topological polar surface area (TPSA) is 202 Å². The van der Waals surface area contributed by atoms with E-state index in [-0.39, 0.29) is 18.6 Å². The van der Waals surface area contributed by atoms with Crippen molar-refractivity contribution in [2.75, 3.05) is 12.3 Å². The molecule has 12 heteroatoms. The Morgan fingerprint density at radius 1 is 1.17 bits per heavy atom. The van der Waals surface area contributed by atoms with E-state index in [9.17, 15) is 24.0 Å². The van der Waals surface area contributed by atoms with Crippen LogP contribution in [-0.2, 0) is 19.2 Å². The second-order valence-corrected chi connectivity index (χ2v) is 7.43. The van der Waals surface area contributed by atoms with Crippen molar-refractivity contribution in [1.29, 1.82) is 0 Å². The lowest BCUT2D eigenvalue weighted by Crippen LogP contribution is -2.49. The Hall–Kier alpha value is -3.12. The van der Waals surface area contributed by atoms with Gasteiger partial charge in [-0.1, -0.05) is 0 Å². The quantitative estimate of drug-likeness (QED) is 0.222. The Bertz CT molecular complexity index is 831. The van der Waals surface area contributed by atoms with Crippen LogP contribution >= 0.6 is 11.8 Å². The Kier molecular flexibility index (Phi) is 9.78. The Morgan fingerprint density at radius 3 is 2.37 bits per heavy atom. The van der Waals surface area contributed by atoms with Crippen molar-refractivity contribution in [1.82, 2.24) is 10.6 Å². The van der Waals surface area contributed by atoms with E-state index in [0.29, 0.717) is 5.56 Å². The van der Waals surface area contributed by atoms with Gasteiger partial charge in [0.15, 0.2) is 0 Å². The molecule has 8 N–H and O–H groups in total. The molecule has 0 bridgehead atoms. The van der Waals surface area contributed by atoms with E-state index in [1.54, 1.807) is 19.1 Å². The number of amides is 3. The molecule has 0 spiro atoms. The van der Waals surface area contributed by atoms with Crippen molar-refractivity contribution in [3.63, 3.8) is 0 Å². The fraction of sp³-hybridized carbons (Fsp3) is 0.389. The number of primary amides is 1. The monoisotopic (exact) mass is 440 g/mol. The first-order valence-corrected chi connectivity index (χ1v) is 9.80. The number of benzene rings is 1. The van der Waals surface area contributed by atoms with Gasteiger partial charge < -0.3 is 32.3 Å². The minimum absolute atomic E-state index is 0.0684. The van der Waals surface area contributed by atoms with E-state index < -0.39 is 48.3 Å². The van der Waals surface area contributed by atoms with Gasteiger partial charge >= 0.3 is 11.9 Å². The smallest absolute Gasteiger partial charge is 0.322 e. The van der Waals surface area contributed by atoms with E-state index in [4.69, 9.17) is 21.7 Å². The van der Waals surface area contributed by atoms with Crippen LogP contribution in [0.15, 0.2) is 23.1 Å². The molecule has 0 aromatic heterocycles. The van der Waals surface area contributed by atoms with Gasteiger partial charge in [0, 0.05) is 22.6 Å². The molecule has 0 aliphatic rings. The summed E-state index contributed by atoms with van der Waals surface area (Å²) >= 11 is 1.22. The number of aryl methyl sites for hydroxylation is 1. The molecular weight excluding hydrogens is 416 g/mol. The highest BCUT2D eigenvalue weighted by molar-refractivity contribution is 7.99. The van der Waals surface area contributed by atoms with Crippen LogP contribution in [0.3, 0.4) is 0 Å². The number of thioether (sulfide) groups is 1. The molecule has 2 atom stereocenters. The number of nitrogens with two attached hydrogens (primary N) is 2. The third kappa shape index (κ3) is 8.49. The van der Waals surface area contributed by atoms with Crippen molar-refractivity contribution >= 4 is 41.4 Å². The van der Waals surface area contributed by atoms with Gasteiger partial charge in [-0.05, 0) is 37.1 Å². The van der Waals surface area contributed by atoms with Crippen LogP contribution in [0, 0.1) is 6.92 Å². The predicted molar refractivity (Wildman–Crippen MR) is 108 cm³/mol. The highest BCUT2D eigenvalue weighted by Gasteiger charge is 2.23. The first-order chi connectivity index (χ1) is 14.0. The number of aliphatic carboxylic acids is 2. The summed E-state index contributed by atoms with van der Waals surface area (Å²) in [5.74, 6) is -4.29. The van der Waals surface area contributed by atoms with E-state index >= 15 is 0 Å². The zero-order valence-electron chi connectivity index (χ0n) is 16.2. The van der Waals surface area contributed by atoms with Gasteiger partial charge in [-0.3, -0.25) is 24.0 Å². The van der Waals surface area contributed by atoms with Crippen LogP contribution in [0.4, 0.5) is 0 Å². The molecule has 1 rings (SSSR count). The number of carboxylic acid groups (broad SMARTS) is 2. The van der Waals surface area contributed by atoms with Crippen LogP contribution in [-0.4, -0.2) is 64.3 Å². The van der Waals surface area contributed by atoms with Crippen LogP contribution < -0.4 is 22.1 Å². The standard InChI is InChI=1S/C18H24N4O7S/c1-9-6-10(16(20)26)2-4-13(9)30-8-12(17(27)21-7-15(24)25)22-14(23)5-3-11(19)18(28)29/h2,4,6,11-12H,3,5,7-8,19H2,1H3,(H2,20,26)(H,21,27)(H,22,23)(H,24,25)(H,28,29). The fourth-order valence-electron chi connectivity index (χ4n) is 2.28. The average molecular weight is 440 g/mol. The molecule has 0 aliphatic carbocycles. The maximum absolute atomic E-state index is 12.3. The normalized spacial score (nSPS) is 12.5. The van der Waals surface area contributed by atoms with Gasteiger partial charge in [-0.15, -0.1) is 11.8 Å². The van der Waals surface area contributed by atoms with Gasteiger partial charge in [-0.2, -0.15) is 0 Å². The SMILES string of the molecule is Cc1cc(C(N)=O)ccc1SCC(NC(=O)CCC(N)C(=O)O)C(=O)NCC(=O)O. The van der Waals surface area contributed by atoms with Crippen LogP contribution in [0.1, 0.15) is 28.8 Å². The second-order valence-electron chi connectivity index (χ2n) is 6.37. The van der Waals surface area contributed by atoms with Crippen molar-refractivity contribution in [3.05, 3.63) is 29.3 Å². The lowest BCUT2D eigenvalue weighted by Gasteiger charge is -2.19. The Morgan fingerprint density at radius 2 is 1.83 bits per heavy atom. The zero-order valence-corrected chi connectivity index (χ0v) is 17.0. The zero-order chi connectivity index (χ0) is 22.8. The fourth-order valence-corrected chi connectivity index (χ4v) is 3.31. The second kappa shape index (κ2) is 11.8. The average Bonchev–Trinajstić information content (AvgIpc) is 2.67. The van der Waals surface area contributed by atoms with E-state index in [0.717, 1.165) is 10.5 Å². The van der Waals surface area contributed by atoms with E-state index in [1.165, 1.54) is 17.8 Å². The summed E-state index contributed by atoms with van der Waals surface area (Å²) in [4.78, 5) is 57.8. The lowest BCUT2D eigenvalue weighted by atomic mass is 10.1. The summed E-state index contributed by atoms with van der Waals surface area (Å²) in [6, 6.07) is 2.49. The molecule has 164 valence electrons. The number of carbonyl (C=O) groups excluding carboxylic acids is 3. The molecular formula is C18H24N4O7S. The summed E-state index contributed by atoms with van der Waals surface area (Å²) in [5, 5.41) is 22.2. The summed E-state index contributed by atoms with van der Waals surface area (Å²) in [6.45, 7) is 1.13. The molecule has 0 radical (unpaired) electrons. The molecule has 1 aromatic carbocycles. The highest BCUT2D eigenvalue weighted by Crippen LogP contribution is 2.24. The summed E-state index contributed by atoms with van der Waals surface area (Å²) in [6.07, 6.45) is -0.335. The molecule has 2 unspecified atom stereocenters. The van der Waals surface area contributed by atoms with E-state index in [1.807, 2.05) is 0 Å². The van der Waals surface area contributed by atoms with E-state index in [2.05, 4.69) is 10.6 Å². The number of carboxylic acids is 2. The Labute approximate surface area is 176 Å². The first kappa shape index (κ1) is 24.9. The number of hydrogen-bond acceptors (Lipinski definition) is 7. The van der Waals surface area contributed by atoms with Crippen LogP contribution in [0.2, 0.25) is 0 Å². The molecule has 0 saturated heterocycles. The largest absolute Gasteiger partial charge is 0.480 e. The highest BCUT2D eigenvalue weighted by atomic mass is 32.2. The molecule has 0 fully saturated rings. The number of carbonyl (C=O) groups is 5. The number of hydrogen-bond donors (Lipinski definition) is 6. The first-order valence-electron chi connectivity index (χ1n) is 8.81. The van der Waals surface area contributed by atoms with Gasteiger partial charge in [0.2, 0.25) is 17.7 Å². The Balaban J connectivity index is 2.81. The minimum Gasteiger partial charge on any atom is -0.480 e. The van der Waals surface area contributed by atoms with Gasteiger partial charge in [-0.25, -0.2) is 0 Å². The maximum Gasteiger partial charge on any atom is 0.322 e. The third-order valence-corrected chi connectivity index (χ3v) is 5.20. The van der Waals surface area contributed by atoms with Crippen LogP contribution in [0.5, 0.6) is 0 Å². The van der Waals surface area contributed by atoms with Crippen molar-refractivity contribution in [2.24, 2.45) is 11.5 Å². The van der Waals surface area contributed by atoms with Gasteiger partial charge in [0.1, 0.15) is 18.6 Å². The lowest BCUT2D eigenvalue weighted by molar-refractivity contribution is -0.139. The number of rotatable bonds is 12. The molecule has 0 saturated carbocycles. The molecule has 1 aromatic rings. The number of nitrogens with one attached hydrogen (secondary N) is 2. The van der Waals surface area contributed by atoms with Crippen molar-refractivity contribution < 1.29 is 34.2 Å². The molecule has 3 amide bonds.